The number of aromatic nitrogens is 2. The summed E-state index contributed by atoms with van der Waals surface area (Å²) < 4.78 is 7.43. The Balaban J connectivity index is 1.89. The molecule has 2 aromatic rings. The van der Waals surface area contributed by atoms with E-state index in [1.165, 1.54) is 5.56 Å². The molecule has 0 aliphatic carbocycles. The quantitative estimate of drug-likeness (QED) is 0.711. The second-order valence-corrected chi connectivity index (χ2v) is 6.77. The van der Waals surface area contributed by atoms with Crippen LogP contribution < -0.4 is 5.32 Å². The third-order valence-electron chi connectivity index (χ3n) is 3.99. The van der Waals surface area contributed by atoms with Crippen molar-refractivity contribution in [2.45, 2.75) is 40.7 Å². The average Bonchev–Trinajstić information content (AvgIpc) is 2.85. The summed E-state index contributed by atoms with van der Waals surface area (Å²) in [5.74, 6) is 0.480. The van der Waals surface area contributed by atoms with Crippen molar-refractivity contribution in [3.05, 3.63) is 52.8 Å². The minimum atomic E-state index is -0.0572. The van der Waals surface area contributed by atoms with Gasteiger partial charge in [-0.05, 0) is 31.7 Å². The zero-order valence-corrected chi connectivity index (χ0v) is 15.7. The van der Waals surface area contributed by atoms with Gasteiger partial charge in [-0.15, -0.1) is 0 Å². The summed E-state index contributed by atoms with van der Waals surface area (Å²) in [6.45, 7) is 10.8. The van der Waals surface area contributed by atoms with E-state index >= 15 is 0 Å². The Hall–Kier alpha value is -2.14. The minimum Gasteiger partial charge on any atom is -0.381 e. The van der Waals surface area contributed by atoms with Gasteiger partial charge in [-0.2, -0.15) is 5.10 Å². The van der Waals surface area contributed by atoms with Gasteiger partial charge in [0.2, 0.25) is 0 Å². The first-order chi connectivity index (χ1) is 12.0. The maximum absolute atomic E-state index is 12.5. The number of ether oxygens (including phenoxy) is 1. The summed E-state index contributed by atoms with van der Waals surface area (Å²) in [5.41, 5.74) is 3.51. The highest BCUT2D eigenvalue weighted by atomic mass is 16.5. The van der Waals surface area contributed by atoms with Crippen molar-refractivity contribution in [1.82, 2.24) is 15.1 Å². The van der Waals surface area contributed by atoms with Gasteiger partial charge in [0.25, 0.3) is 5.91 Å². The molecule has 1 aromatic heterocycles. The van der Waals surface area contributed by atoms with E-state index in [4.69, 9.17) is 4.74 Å². The van der Waals surface area contributed by atoms with Crippen LogP contribution in [0.3, 0.4) is 0 Å². The van der Waals surface area contributed by atoms with Crippen molar-refractivity contribution in [1.29, 1.82) is 0 Å². The van der Waals surface area contributed by atoms with E-state index in [1.807, 2.05) is 36.7 Å². The molecule has 25 heavy (non-hydrogen) atoms. The first-order valence-electron chi connectivity index (χ1n) is 8.93. The number of amides is 1. The number of aryl methyl sites for hydroxylation is 1. The van der Waals surface area contributed by atoms with E-state index in [1.54, 1.807) is 0 Å². The van der Waals surface area contributed by atoms with Gasteiger partial charge in [-0.25, -0.2) is 0 Å². The van der Waals surface area contributed by atoms with Crippen LogP contribution in [0.25, 0.3) is 0 Å². The van der Waals surface area contributed by atoms with E-state index in [9.17, 15) is 4.79 Å². The van der Waals surface area contributed by atoms with Crippen molar-refractivity contribution >= 4 is 5.91 Å². The first-order valence-corrected chi connectivity index (χ1v) is 8.93. The molecule has 1 aromatic carbocycles. The summed E-state index contributed by atoms with van der Waals surface area (Å²) in [5, 5.41) is 7.51. The Bertz CT molecular complexity index is 678. The van der Waals surface area contributed by atoms with Crippen molar-refractivity contribution < 1.29 is 9.53 Å². The molecule has 1 heterocycles. The first kappa shape index (κ1) is 19.2. The predicted molar refractivity (Wildman–Crippen MR) is 99.9 cm³/mol. The fourth-order valence-electron chi connectivity index (χ4n) is 2.72. The number of carbonyl (C=O) groups excluding carboxylic acids is 1. The number of benzene rings is 1. The zero-order valence-electron chi connectivity index (χ0n) is 15.7. The Morgan fingerprint density at radius 3 is 2.64 bits per heavy atom. The lowest BCUT2D eigenvalue weighted by Gasteiger charge is -2.08. The highest BCUT2D eigenvalue weighted by molar-refractivity contribution is 5.96. The topological polar surface area (TPSA) is 56.2 Å². The molecule has 0 fully saturated rings. The molecule has 0 aliphatic rings. The summed E-state index contributed by atoms with van der Waals surface area (Å²) in [7, 11) is 0. The molecule has 5 nitrogen and oxygen atoms in total. The monoisotopic (exact) mass is 343 g/mol. The zero-order chi connectivity index (χ0) is 18.2. The van der Waals surface area contributed by atoms with Crippen molar-refractivity contribution in [3.63, 3.8) is 0 Å². The molecule has 2 rings (SSSR count). The highest BCUT2D eigenvalue weighted by Gasteiger charge is 2.18. The third kappa shape index (κ3) is 5.71. The molecular weight excluding hydrogens is 314 g/mol. The molecule has 0 aliphatic heterocycles. The van der Waals surface area contributed by atoms with Gasteiger partial charge in [0, 0.05) is 25.5 Å². The standard InChI is InChI=1S/C20H29N3O2/c1-15(2)14-25-12-8-11-21-20(24)19-16(3)22-23(17(19)4)13-18-9-6-5-7-10-18/h5-7,9-10,15H,8,11-14H2,1-4H3,(H,21,24). The summed E-state index contributed by atoms with van der Waals surface area (Å²) >= 11 is 0. The lowest BCUT2D eigenvalue weighted by molar-refractivity contribution is 0.0924. The number of carbonyl (C=O) groups is 1. The van der Waals surface area contributed by atoms with Crippen LogP contribution in [-0.4, -0.2) is 35.4 Å². The fraction of sp³-hybridized carbons (Fsp3) is 0.500. The van der Waals surface area contributed by atoms with Crippen LogP contribution >= 0.6 is 0 Å². The molecule has 0 saturated carbocycles. The maximum atomic E-state index is 12.5. The number of nitrogens with zero attached hydrogens (tertiary/aromatic N) is 2. The van der Waals surface area contributed by atoms with E-state index in [0.29, 0.717) is 31.2 Å². The summed E-state index contributed by atoms with van der Waals surface area (Å²) in [4.78, 5) is 12.5. The van der Waals surface area contributed by atoms with Crippen LogP contribution in [-0.2, 0) is 11.3 Å². The summed E-state index contributed by atoms with van der Waals surface area (Å²) in [6, 6.07) is 10.1. The molecule has 0 unspecified atom stereocenters. The molecule has 0 saturated heterocycles. The van der Waals surface area contributed by atoms with Crippen LogP contribution in [0.2, 0.25) is 0 Å². The van der Waals surface area contributed by atoms with Crippen LogP contribution in [0.4, 0.5) is 0 Å². The van der Waals surface area contributed by atoms with Gasteiger partial charge < -0.3 is 10.1 Å². The van der Waals surface area contributed by atoms with E-state index < -0.39 is 0 Å². The molecule has 1 amide bonds. The van der Waals surface area contributed by atoms with Gasteiger partial charge in [0.1, 0.15) is 0 Å². The fourth-order valence-corrected chi connectivity index (χ4v) is 2.72. The van der Waals surface area contributed by atoms with Gasteiger partial charge in [0.15, 0.2) is 0 Å². The Labute approximate surface area is 150 Å². The van der Waals surface area contributed by atoms with Gasteiger partial charge in [-0.1, -0.05) is 44.2 Å². The third-order valence-corrected chi connectivity index (χ3v) is 3.99. The minimum absolute atomic E-state index is 0.0572. The smallest absolute Gasteiger partial charge is 0.255 e. The second-order valence-electron chi connectivity index (χ2n) is 6.77. The second kappa shape index (κ2) is 9.37. The van der Waals surface area contributed by atoms with Gasteiger partial charge in [0.05, 0.1) is 17.8 Å². The van der Waals surface area contributed by atoms with Crippen LogP contribution in [0, 0.1) is 19.8 Å². The maximum Gasteiger partial charge on any atom is 0.255 e. The molecule has 0 bridgehead atoms. The number of hydrogen-bond acceptors (Lipinski definition) is 3. The van der Waals surface area contributed by atoms with E-state index in [-0.39, 0.29) is 5.91 Å². The lowest BCUT2D eigenvalue weighted by Crippen LogP contribution is -2.26. The average molecular weight is 343 g/mol. The molecule has 0 spiro atoms. The molecule has 0 atom stereocenters. The van der Waals surface area contributed by atoms with Crippen molar-refractivity contribution in [2.75, 3.05) is 19.8 Å². The number of hydrogen-bond donors (Lipinski definition) is 1. The SMILES string of the molecule is Cc1nn(Cc2ccccc2)c(C)c1C(=O)NCCCOCC(C)C. The number of nitrogens with one attached hydrogen (secondary N) is 1. The van der Waals surface area contributed by atoms with Crippen LogP contribution in [0.1, 0.15) is 47.6 Å². The predicted octanol–water partition coefficient (Wildman–Crippen LogP) is 3.34. The lowest BCUT2D eigenvalue weighted by atomic mass is 10.1. The normalized spacial score (nSPS) is 11.1. The van der Waals surface area contributed by atoms with E-state index in [0.717, 1.165) is 24.4 Å². The molecular formula is C20H29N3O2. The number of rotatable bonds is 9. The Morgan fingerprint density at radius 1 is 1.24 bits per heavy atom. The largest absolute Gasteiger partial charge is 0.381 e. The van der Waals surface area contributed by atoms with E-state index in [2.05, 4.69) is 36.4 Å². The molecule has 136 valence electrons. The molecule has 5 heteroatoms. The highest BCUT2D eigenvalue weighted by Crippen LogP contribution is 2.14. The Kier molecular flexibility index (Phi) is 7.19. The van der Waals surface area contributed by atoms with Crippen LogP contribution in [0.15, 0.2) is 30.3 Å². The van der Waals surface area contributed by atoms with Gasteiger partial charge in [-0.3, -0.25) is 9.48 Å². The van der Waals surface area contributed by atoms with Gasteiger partial charge >= 0.3 is 0 Å². The van der Waals surface area contributed by atoms with Crippen molar-refractivity contribution in [2.24, 2.45) is 5.92 Å². The van der Waals surface area contributed by atoms with Crippen molar-refractivity contribution in [3.8, 4) is 0 Å². The summed E-state index contributed by atoms with van der Waals surface area (Å²) in [6.07, 6.45) is 0.814. The molecule has 0 radical (unpaired) electrons. The van der Waals surface area contributed by atoms with Crippen LogP contribution in [0.5, 0.6) is 0 Å². The Morgan fingerprint density at radius 2 is 1.96 bits per heavy atom. The molecule has 1 N–H and O–H groups in total.